The van der Waals surface area contributed by atoms with E-state index in [1.165, 1.54) is 0 Å². The molecule has 1 N–H and O–H groups in total. The minimum absolute atomic E-state index is 0.392. The molecule has 0 amide bonds. The molecular weight excluding hydrogens is 308 g/mol. The fourth-order valence-electron chi connectivity index (χ4n) is 1.94. The van der Waals surface area contributed by atoms with Crippen LogP contribution in [0.2, 0.25) is 5.02 Å². The topological polar surface area (TPSA) is 47.6 Å². The average Bonchev–Trinajstić information content (AvgIpc) is 2.61. The van der Waals surface area contributed by atoms with E-state index in [4.69, 9.17) is 20.9 Å². The maximum absolute atomic E-state index is 11.7. The van der Waals surface area contributed by atoms with Gasteiger partial charge in [0, 0.05) is 5.75 Å². The van der Waals surface area contributed by atoms with Gasteiger partial charge in [-0.15, -0.1) is 0 Å². The van der Waals surface area contributed by atoms with Crippen molar-refractivity contribution in [3.8, 4) is 0 Å². The lowest BCUT2D eigenvalue weighted by molar-refractivity contribution is 0.00578. The molecule has 0 radical (unpaired) electrons. The van der Waals surface area contributed by atoms with Crippen LogP contribution in [0.5, 0.6) is 0 Å². The Morgan fingerprint density at radius 3 is 2.33 bits per heavy atom. The van der Waals surface area contributed by atoms with Gasteiger partial charge in [0.2, 0.25) is 0 Å². The number of nitrogens with one attached hydrogen (secondary N) is 1. The lowest BCUT2D eigenvalue weighted by atomic mass is 9.79. The van der Waals surface area contributed by atoms with E-state index in [0.717, 1.165) is 5.46 Å². The molecular formula is C14H21BClNO3S. The van der Waals surface area contributed by atoms with Crippen molar-refractivity contribution in [1.82, 2.24) is 0 Å². The molecule has 1 aliphatic rings. The minimum Gasteiger partial charge on any atom is -0.399 e. The molecule has 7 heteroatoms. The molecule has 1 saturated heterocycles. The molecule has 0 aliphatic carbocycles. The van der Waals surface area contributed by atoms with Crippen LogP contribution < -0.4 is 10.2 Å². The zero-order valence-corrected chi connectivity index (χ0v) is 14.6. The van der Waals surface area contributed by atoms with Crippen LogP contribution in [-0.2, 0) is 20.3 Å². The van der Waals surface area contributed by atoms with E-state index >= 15 is 0 Å². The summed E-state index contributed by atoms with van der Waals surface area (Å²) < 4.78 is 26.6. The average molecular weight is 330 g/mol. The molecule has 1 fully saturated rings. The summed E-state index contributed by atoms with van der Waals surface area (Å²) in [6, 6.07) is 5.46. The van der Waals surface area contributed by atoms with Crippen molar-refractivity contribution in [3.63, 3.8) is 0 Å². The van der Waals surface area contributed by atoms with Gasteiger partial charge in [0.25, 0.3) is 0 Å². The first-order chi connectivity index (χ1) is 9.66. The second kappa shape index (κ2) is 5.91. The Morgan fingerprint density at radius 1 is 1.24 bits per heavy atom. The molecule has 0 spiro atoms. The first-order valence-corrected chi connectivity index (χ1v) is 8.66. The second-order valence-corrected chi connectivity index (χ2v) is 7.94. The summed E-state index contributed by atoms with van der Waals surface area (Å²) in [5.41, 5.74) is 0.701. The third kappa shape index (κ3) is 3.45. The lowest BCUT2D eigenvalue weighted by Gasteiger charge is -2.32. The van der Waals surface area contributed by atoms with Gasteiger partial charge in [-0.25, -0.2) is 4.21 Å². The standard InChI is InChI=1S/C14H21BClNO3S/c1-6-21(18)17-12-9-10(7-8-11(12)16)15-19-13(2,3)14(4,5)20-15/h7-9,17H,6H2,1-5H3. The summed E-state index contributed by atoms with van der Waals surface area (Å²) in [5, 5.41) is 0.525. The highest BCUT2D eigenvalue weighted by molar-refractivity contribution is 7.86. The summed E-state index contributed by atoms with van der Waals surface area (Å²) in [6.07, 6.45) is 0. The smallest absolute Gasteiger partial charge is 0.399 e. The normalized spacial score (nSPS) is 21.3. The predicted molar refractivity (Wildman–Crippen MR) is 89.5 cm³/mol. The molecule has 4 nitrogen and oxygen atoms in total. The molecule has 116 valence electrons. The number of hydrogen-bond donors (Lipinski definition) is 1. The first-order valence-electron chi connectivity index (χ1n) is 6.96. The van der Waals surface area contributed by atoms with Gasteiger partial charge in [-0.2, -0.15) is 0 Å². The number of rotatable bonds is 4. The largest absolute Gasteiger partial charge is 0.494 e. The molecule has 1 heterocycles. The lowest BCUT2D eigenvalue weighted by Crippen LogP contribution is -2.41. The first kappa shape index (κ1) is 16.8. The molecule has 21 heavy (non-hydrogen) atoms. The van der Waals surface area contributed by atoms with Crippen molar-refractivity contribution in [2.24, 2.45) is 0 Å². The van der Waals surface area contributed by atoms with Crippen LogP contribution in [0.25, 0.3) is 0 Å². The Kier molecular flexibility index (Phi) is 4.73. The molecule has 0 bridgehead atoms. The number of anilines is 1. The number of hydrogen-bond acceptors (Lipinski definition) is 3. The van der Waals surface area contributed by atoms with E-state index in [-0.39, 0.29) is 0 Å². The summed E-state index contributed by atoms with van der Waals surface area (Å²) in [7, 11) is -1.60. The Labute approximate surface area is 134 Å². The van der Waals surface area contributed by atoms with Crippen LogP contribution >= 0.6 is 11.6 Å². The molecule has 1 aromatic rings. The molecule has 2 rings (SSSR count). The number of halogens is 1. The number of benzene rings is 1. The molecule has 0 aromatic heterocycles. The van der Waals surface area contributed by atoms with Crippen LogP contribution in [0.15, 0.2) is 18.2 Å². The fraction of sp³-hybridized carbons (Fsp3) is 0.571. The van der Waals surface area contributed by atoms with E-state index in [1.807, 2.05) is 46.8 Å². The molecule has 1 aromatic carbocycles. The van der Waals surface area contributed by atoms with Gasteiger partial charge in [0.15, 0.2) is 0 Å². The van der Waals surface area contributed by atoms with Crippen LogP contribution in [0.1, 0.15) is 34.6 Å². The van der Waals surface area contributed by atoms with Crippen molar-refractivity contribution in [2.45, 2.75) is 45.8 Å². The van der Waals surface area contributed by atoms with E-state index < -0.39 is 29.3 Å². The Morgan fingerprint density at radius 2 is 1.81 bits per heavy atom. The van der Waals surface area contributed by atoms with Gasteiger partial charge in [-0.05, 0) is 45.3 Å². The van der Waals surface area contributed by atoms with Gasteiger partial charge in [0.1, 0.15) is 11.0 Å². The van der Waals surface area contributed by atoms with Crippen LogP contribution in [0.4, 0.5) is 5.69 Å². The predicted octanol–water partition coefficient (Wildman–Crippen LogP) is 2.73. The maximum Gasteiger partial charge on any atom is 0.494 e. The molecule has 1 atom stereocenters. The fourth-order valence-corrected chi connectivity index (χ4v) is 2.72. The summed E-state index contributed by atoms with van der Waals surface area (Å²) in [6.45, 7) is 9.87. The Hall–Kier alpha value is -0.555. The SMILES string of the molecule is CCS(=O)Nc1cc(B2OC(C)(C)C(C)(C)O2)ccc1Cl. The third-order valence-electron chi connectivity index (χ3n) is 4.00. The molecule has 1 unspecified atom stereocenters. The van der Waals surface area contributed by atoms with Crippen molar-refractivity contribution in [1.29, 1.82) is 0 Å². The summed E-state index contributed by atoms with van der Waals surface area (Å²) in [4.78, 5) is 0. The van der Waals surface area contributed by atoms with E-state index in [2.05, 4.69) is 4.72 Å². The quantitative estimate of drug-likeness (QED) is 0.864. The molecule has 1 aliphatic heterocycles. The van der Waals surface area contributed by atoms with Gasteiger partial charge < -0.3 is 14.0 Å². The maximum atomic E-state index is 11.7. The van der Waals surface area contributed by atoms with Gasteiger partial charge in [-0.1, -0.05) is 24.6 Å². The second-order valence-electron chi connectivity index (χ2n) is 6.06. The van der Waals surface area contributed by atoms with Crippen LogP contribution in [0.3, 0.4) is 0 Å². The zero-order valence-electron chi connectivity index (χ0n) is 13.0. The highest BCUT2D eigenvalue weighted by atomic mass is 35.5. The van der Waals surface area contributed by atoms with Crippen molar-refractivity contribution in [3.05, 3.63) is 23.2 Å². The van der Waals surface area contributed by atoms with E-state index in [1.54, 1.807) is 6.07 Å². The van der Waals surface area contributed by atoms with Crippen molar-refractivity contribution in [2.75, 3.05) is 10.5 Å². The highest BCUT2D eigenvalue weighted by Gasteiger charge is 2.51. The molecule has 0 saturated carbocycles. The zero-order chi connectivity index (χ0) is 15.8. The third-order valence-corrected chi connectivity index (χ3v) is 5.30. The van der Waals surface area contributed by atoms with Crippen LogP contribution in [-0.4, -0.2) is 28.3 Å². The Balaban J connectivity index is 2.26. The monoisotopic (exact) mass is 329 g/mol. The minimum atomic E-state index is -1.14. The van der Waals surface area contributed by atoms with E-state index in [9.17, 15) is 4.21 Å². The van der Waals surface area contributed by atoms with Crippen LogP contribution in [0, 0.1) is 0 Å². The summed E-state index contributed by atoms with van der Waals surface area (Å²) >= 11 is 6.14. The van der Waals surface area contributed by atoms with Gasteiger partial charge >= 0.3 is 7.12 Å². The van der Waals surface area contributed by atoms with Gasteiger partial charge in [0.05, 0.1) is 21.9 Å². The summed E-state index contributed by atoms with van der Waals surface area (Å²) in [5.74, 6) is 0.511. The van der Waals surface area contributed by atoms with Crippen molar-refractivity contribution >= 4 is 40.9 Å². The van der Waals surface area contributed by atoms with E-state index in [0.29, 0.717) is 16.5 Å². The highest BCUT2D eigenvalue weighted by Crippen LogP contribution is 2.36. The Bertz CT molecular complexity index is 549. The van der Waals surface area contributed by atoms with Crippen molar-refractivity contribution < 1.29 is 13.5 Å². The van der Waals surface area contributed by atoms with Gasteiger partial charge in [-0.3, -0.25) is 0 Å².